The third-order valence-electron chi connectivity index (χ3n) is 6.81. The van der Waals surface area contributed by atoms with Crippen LogP contribution in [0.25, 0.3) is 0 Å². The highest BCUT2D eigenvalue weighted by atomic mass is 16.5. The molecule has 1 aliphatic carbocycles. The van der Waals surface area contributed by atoms with Crippen LogP contribution in [0.3, 0.4) is 0 Å². The molecule has 1 N–H and O–H groups in total. The summed E-state index contributed by atoms with van der Waals surface area (Å²) in [5, 5.41) is 12.1. The number of nitrogens with zero attached hydrogens (tertiary/aromatic N) is 5. The third kappa shape index (κ3) is 4.60. The van der Waals surface area contributed by atoms with Gasteiger partial charge in [0.15, 0.2) is 11.8 Å². The molecule has 1 aliphatic heterocycles. The van der Waals surface area contributed by atoms with Crippen molar-refractivity contribution in [3.63, 3.8) is 0 Å². The summed E-state index contributed by atoms with van der Waals surface area (Å²) in [6.07, 6.45) is 7.73. The SMILES string of the molecule is COc1ccc(CCNC(=NCc2nnc(C)n2C)N2CCC3(CCCC3)C2)cc1. The lowest BCUT2D eigenvalue weighted by Gasteiger charge is -2.26. The minimum Gasteiger partial charge on any atom is -0.497 e. The van der Waals surface area contributed by atoms with Gasteiger partial charge in [0.05, 0.1) is 7.11 Å². The van der Waals surface area contributed by atoms with Gasteiger partial charge in [0, 0.05) is 26.7 Å². The van der Waals surface area contributed by atoms with Gasteiger partial charge in [-0.05, 0) is 55.7 Å². The van der Waals surface area contributed by atoms with Crippen molar-refractivity contribution in [2.75, 3.05) is 26.7 Å². The fraction of sp³-hybridized carbons (Fsp3) is 0.609. The Kier molecular flexibility index (Phi) is 6.25. The average Bonchev–Trinajstić information content (AvgIpc) is 3.49. The number of ether oxygens (including phenoxy) is 1. The molecule has 2 aliphatic rings. The number of hydrogen-bond acceptors (Lipinski definition) is 4. The Morgan fingerprint density at radius 1 is 1.17 bits per heavy atom. The average molecular weight is 411 g/mol. The zero-order chi connectivity index (χ0) is 21.0. The van der Waals surface area contributed by atoms with E-state index in [0.29, 0.717) is 12.0 Å². The smallest absolute Gasteiger partial charge is 0.194 e. The van der Waals surface area contributed by atoms with Crippen LogP contribution in [0.1, 0.15) is 49.3 Å². The number of likely N-dealkylation sites (tertiary alicyclic amines) is 1. The second-order valence-corrected chi connectivity index (χ2v) is 8.77. The predicted octanol–water partition coefficient (Wildman–Crippen LogP) is 3.09. The van der Waals surface area contributed by atoms with Crippen LogP contribution in [0, 0.1) is 12.3 Å². The Bertz CT molecular complexity index is 866. The topological polar surface area (TPSA) is 67.6 Å². The maximum atomic E-state index is 5.26. The van der Waals surface area contributed by atoms with Crippen molar-refractivity contribution in [1.82, 2.24) is 25.0 Å². The molecule has 7 heteroatoms. The lowest BCUT2D eigenvalue weighted by molar-refractivity contribution is 0.309. The zero-order valence-electron chi connectivity index (χ0n) is 18.5. The molecule has 1 spiro atoms. The molecule has 0 atom stereocenters. The van der Waals surface area contributed by atoms with Crippen LogP contribution in [0.4, 0.5) is 0 Å². The summed E-state index contributed by atoms with van der Waals surface area (Å²) in [6.45, 7) is 5.59. The summed E-state index contributed by atoms with van der Waals surface area (Å²) < 4.78 is 7.27. The fourth-order valence-corrected chi connectivity index (χ4v) is 4.76. The van der Waals surface area contributed by atoms with Crippen molar-refractivity contribution in [2.45, 2.75) is 52.0 Å². The van der Waals surface area contributed by atoms with Crippen molar-refractivity contribution >= 4 is 5.96 Å². The van der Waals surface area contributed by atoms with Gasteiger partial charge in [-0.2, -0.15) is 0 Å². The van der Waals surface area contributed by atoms with Crippen LogP contribution in [-0.2, 0) is 20.0 Å². The first kappa shape index (κ1) is 20.7. The molecule has 0 unspecified atom stereocenters. The van der Waals surface area contributed by atoms with Gasteiger partial charge in [0.1, 0.15) is 18.1 Å². The number of guanidine groups is 1. The molecular weight excluding hydrogens is 376 g/mol. The van der Waals surface area contributed by atoms with Gasteiger partial charge in [-0.25, -0.2) is 4.99 Å². The molecule has 2 heterocycles. The second kappa shape index (κ2) is 9.06. The molecule has 1 aromatic carbocycles. The standard InChI is InChI=1S/C23H34N6O/c1-18-26-27-21(28(18)2)16-25-22(29-15-13-23(17-29)11-4-5-12-23)24-14-10-19-6-8-20(30-3)9-7-19/h6-9H,4-5,10-17H2,1-3H3,(H,24,25). The molecule has 1 aromatic heterocycles. The Hall–Kier alpha value is -2.57. The van der Waals surface area contributed by atoms with Gasteiger partial charge in [0.2, 0.25) is 0 Å². The van der Waals surface area contributed by atoms with Gasteiger partial charge >= 0.3 is 0 Å². The molecule has 2 aromatic rings. The van der Waals surface area contributed by atoms with E-state index in [4.69, 9.17) is 9.73 Å². The van der Waals surface area contributed by atoms with Crippen molar-refractivity contribution in [3.8, 4) is 5.75 Å². The van der Waals surface area contributed by atoms with Gasteiger partial charge in [-0.15, -0.1) is 10.2 Å². The number of benzene rings is 1. The molecular formula is C23H34N6O. The van der Waals surface area contributed by atoms with E-state index in [9.17, 15) is 0 Å². The maximum absolute atomic E-state index is 5.26. The lowest BCUT2D eigenvalue weighted by atomic mass is 9.86. The largest absolute Gasteiger partial charge is 0.497 e. The lowest BCUT2D eigenvalue weighted by Crippen LogP contribution is -2.42. The van der Waals surface area contributed by atoms with E-state index in [0.717, 1.165) is 49.4 Å². The summed E-state index contributed by atoms with van der Waals surface area (Å²) in [5.74, 6) is 3.72. The van der Waals surface area contributed by atoms with E-state index in [-0.39, 0.29) is 0 Å². The number of aryl methyl sites for hydroxylation is 1. The van der Waals surface area contributed by atoms with Gasteiger partial charge in [0.25, 0.3) is 0 Å². The van der Waals surface area contributed by atoms with Crippen molar-refractivity contribution in [1.29, 1.82) is 0 Å². The summed E-state index contributed by atoms with van der Waals surface area (Å²) in [7, 11) is 3.70. The minimum absolute atomic E-state index is 0.514. The molecule has 30 heavy (non-hydrogen) atoms. The number of aromatic nitrogens is 3. The molecule has 1 saturated heterocycles. The first-order valence-electron chi connectivity index (χ1n) is 11.1. The highest BCUT2D eigenvalue weighted by molar-refractivity contribution is 5.80. The minimum atomic E-state index is 0.514. The zero-order valence-corrected chi connectivity index (χ0v) is 18.5. The summed E-state index contributed by atoms with van der Waals surface area (Å²) in [5.41, 5.74) is 1.81. The Balaban J connectivity index is 1.42. The number of nitrogens with one attached hydrogen (secondary N) is 1. The van der Waals surface area contributed by atoms with Crippen LogP contribution in [0.15, 0.2) is 29.3 Å². The normalized spacial score (nSPS) is 18.4. The van der Waals surface area contributed by atoms with Crippen LogP contribution in [-0.4, -0.2) is 52.4 Å². The number of methoxy groups -OCH3 is 1. The first-order chi connectivity index (χ1) is 14.6. The number of hydrogen-bond donors (Lipinski definition) is 1. The highest BCUT2D eigenvalue weighted by Crippen LogP contribution is 2.45. The van der Waals surface area contributed by atoms with Gasteiger partial charge in [-0.3, -0.25) is 0 Å². The molecule has 2 fully saturated rings. The van der Waals surface area contributed by atoms with E-state index in [2.05, 4.69) is 32.5 Å². The molecule has 0 radical (unpaired) electrons. The van der Waals surface area contributed by atoms with E-state index in [1.807, 2.05) is 30.7 Å². The number of rotatable bonds is 6. The molecule has 162 valence electrons. The summed E-state index contributed by atoms with van der Waals surface area (Å²) >= 11 is 0. The third-order valence-corrected chi connectivity index (χ3v) is 6.81. The molecule has 1 saturated carbocycles. The Morgan fingerprint density at radius 3 is 2.60 bits per heavy atom. The van der Waals surface area contributed by atoms with Crippen LogP contribution in [0.5, 0.6) is 5.75 Å². The fourth-order valence-electron chi connectivity index (χ4n) is 4.76. The molecule has 0 amide bonds. The molecule has 4 rings (SSSR count). The Labute approximate surface area is 179 Å². The monoisotopic (exact) mass is 410 g/mol. The highest BCUT2D eigenvalue weighted by Gasteiger charge is 2.41. The predicted molar refractivity (Wildman–Crippen MR) is 119 cm³/mol. The first-order valence-corrected chi connectivity index (χ1v) is 11.1. The summed E-state index contributed by atoms with van der Waals surface area (Å²) in [4.78, 5) is 7.41. The van der Waals surface area contributed by atoms with E-state index < -0.39 is 0 Å². The van der Waals surface area contributed by atoms with Crippen LogP contribution in [0.2, 0.25) is 0 Å². The van der Waals surface area contributed by atoms with Crippen molar-refractivity contribution in [3.05, 3.63) is 41.5 Å². The van der Waals surface area contributed by atoms with E-state index in [1.165, 1.54) is 37.7 Å². The summed E-state index contributed by atoms with van der Waals surface area (Å²) in [6, 6.07) is 8.29. The van der Waals surface area contributed by atoms with Gasteiger partial charge in [-0.1, -0.05) is 25.0 Å². The Morgan fingerprint density at radius 2 is 1.93 bits per heavy atom. The van der Waals surface area contributed by atoms with Crippen molar-refractivity contribution in [2.24, 2.45) is 17.5 Å². The quantitative estimate of drug-likeness (QED) is 0.586. The number of aliphatic imine (C=N–C) groups is 1. The van der Waals surface area contributed by atoms with Crippen LogP contribution < -0.4 is 10.1 Å². The van der Waals surface area contributed by atoms with E-state index in [1.54, 1.807) is 7.11 Å². The molecule has 7 nitrogen and oxygen atoms in total. The van der Waals surface area contributed by atoms with Crippen LogP contribution >= 0.6 is 0 Å². The second-order valence-electron chi connectivity index (χ2n) is 8.77. The van der Waals surface area contributed by atoms with Gasteiger partial charge < -0.3 is 19.5 Å². The van der Waals surface area contributed by atoms with Crippen molar-refractivity contribution < 1.29 is 4.74 Å². The molecule has 0 bridgehead atoms. The maximum Gasteiger partial charge on any atom is 0.194 e. The van der Waals surface area contributed by atoms with E-state index >= 15 is 0 Å².